The van der Waals surface area contributed by atoms with E-state index in [1.165, 1.54) is 0 Å². The fourth-order valence-corrected chi connectivity index (χ4v) is 1.03. The van der Waals surface area contributed by atoms with Crippen molar-refractivity contribution >= 4 is 15.9 Å². The minimum atomic E-state index is -0.554. The van der Waals surface area contributed by atoms with Crippen LogP contribution in [0.4, 0.5) is 0 Å². The normalized spacial score (nSPS) is 13.4. The van der Waals surface area contributed by atoms with Crippen molar-refractivity contribution in [3.8, 4) is 0 Å². The van der Waals surface area contributed by atoms with Crippen LogP contribution in [0.15, 0.2) is 21.2 Å². The molecular formula is C6H8BrNO3. The van der Waals surface area contributed by atoms with Crippen molar-refractivity contribution in [2.45, 2.75) is 6.04 Å². The van der Waals surface area contributed by atoms with Gasteiger partial charge in [-0.1, -0.05) is 0 Å². The van der Waals surface area contributed by atoms with Gasteiger partial charge in [-0.3, -0.25) is 0 Å². The third-order valence-corrected chi connectivity index (χ3v) is 1.70. The Morgan fingerprint density at radius 1 is 1.64 bits per heavy atom. The summed E-state index contributed by atoms with van der Waals surface area (Å²) in [5.41, 5.74) is 1.92. The van der Waals surface area contributed by atoms with Gasteiger partial charge in [0.1, 0.15) is 11.8 Å². The van der Waals surface area contributed by atoms with Gasteiger partial charge in [0.05, 0.1) is 6.61 Å². The monoisotopic (exact) mass is 221 g/mol. The molecule has 0 fully saturated rings. The van der Waals surface area contributed by atoms with Crippen molar-refractivity contribution in [2.24, 2.45) is 0 Å². The lowest BCUT2D eigenvalue weighted by atomic mass is 10.2. The van der Waals surface area contributed by atoms with Crippen molar-refractivity contribution in [1.82, 2.24) is 5.48 Å². The van der Waals surface area contributed by atoms with E-state index in [0.29, 0.717) is 10.4 Å². The predicted octanol–water partition coefficient (Wildman–Crippen LogP) is 1.05. The maximum absolute atomic E-state index is 8.69. The van der Waals surface area contributed by atoms with Gasteiger partial charge in [0.2, 0.25) is 0 Å². The van der Waals surface area contributed by atoms with E-state index in [4.69, 9.17) is 14.7 Å². The second-order valence-corrected chi connectivity index (χ2v) is 2.79. The highest BCUT2D eigenvalue weighted by molar-refractivity contribution is 9.10. The lowest BCUT2D eigenvalue weighted by molar-refractivity contribution is 0.0797. The Morgan fingerprint density at radius 2 is 2.36 bits per heavy atom. The topological polar surface area (TPSA) is 65.6 Å². The molecule has 0 radical (unpaired) electrons. The minimum Gasteiger partial charge on any atom is -0.453 e. The molecule has 0 aromatic carbocycles. The Bertz CT molecular complexity index is 221. The molecule has 62 valence electrons. The number of hydrogen-bond donors (Lipinski definition) is 3. The summed E-state index contributed by atoms with van der Waals surface area (Å²) in [6, 6.07) is 2.80. The molecule has 1 aromatic heterocycles. The quantitative estimate of drug-likeness (QED) is 0.669. The number of halogens is 1. The summed E-state index contributed by atoms with van der Waals surface area (Å²) in [5.74, 6) is 0.488. The second kappa shape index (κ2) is 3.87. The maximum atomic E-state index is 8.69. The average molecular weight is 222 g/mol. The Kier molecular flexibility index (Phi) is 3.07. The number of hydroxylamine groups is 1. The number of hydrogen-bond acceptors (Lipinski definition) is 4. The van der Waals surface area contributed by atoms with Crippen molar-refractivity contribution in [3.63, 3.8) is 0 Å². The van der Waals surface area contributed by atoms with Crippen molar-refractivity contribution < 1.29 is 14.7 Å². The van der Waals surface area contributed by atoms with Crippen LogP contribution in [0.3, 0.4) is 0 Å². The first-order chi connectivity index (χ1) is 5.27. The summed E-state index contributed by atoms with van der Waals surface area (Å²) in [7, 11) is 0. The SMILES string of the molecule is OC[C@@H](NO)c1ccc(Br)o1. The van der Waals surface area contributed by atoms with Crippen LogP contribution in [0.5, 0.6) is 0 Å². The Labute approximate surface area is 71.9 Å². The summed E-state index contributed by atoms with van der Waals surface area (Å²) in [4.78, 5) is 0. The molecule has 0 aliphatic carbocycles. The largest absolute Gasteiger partial charge is 0.453 e. The van der Waals surface area contributed by atoms with E-state index in [1.807, 2.05) is 5.48 Å². The molecular weight excluding hydrogens is 214 g/mol. The van der Waals surface area contributed by atoms with Crippen LogP contribution >= 0.6 is 15.9 Å². The van der Waals surface area contributed by atoms with E-state index in [9.17, 15) is 0 Å². The van der Waals surface area contributed by atoms with Gasteiger partial charge in [0.25, 0.3) is 0 Å². The second-order valence-electron chi connectivity index (χ2n) is 2.01. The van der Waals surface area contributed by atoms with Gasteiger partial charge in [-0.05, 0) is 28.1 Å². The molecule has 0 aliphatic heterocycles. The molecule has 0 aliphatic rings. The van der Waals surface area contributed by atoms with E-state index < -0.39 is 6.04 Å². The molecule has 0 spiro atoms. The molecule has 1 aromatic rings. The van der Waals surface area contributed by atoms with Crippen LogP contribution in [0, 0.1) is 0 Å². The molecule has 0 amide bonds. The number of aliphatic hydroxyl groups is 1. The first kappa shape index (κ1) is 8.73. The van der Waals surface area contributed by atoms with E-state index >= 15 is 0 Å². The molecule has 3 N–H and O–H groups in total. The number of furan rings is 1. The Hall–Kier alpha value is -0.360. The standard InChI is InChI=1S/C6H8BrNO3/c7-6-2-1-5(11-6)4(3-9)8-10/h1-2,4,8-10H,3H2/t4-/m1/s1. The zero-order valence-electron chi connectivity index (χ0n) is 5.62. The summed E-state index contributed by atoms with van der Waals surface area (Å²) in [6.07, 6.45) is 0. The molecule has 1 rings (SSSR count). The summed E-state index contributed by atoms with van der Waals surface area (Å²) >= 11 is 3.10. The highest BCUT2D eigenvalue weighted by Crippen LogP contribution is 2.19. The van der Waals surface area contributed by atoms with Gasteiger partial charge in [-0.15, -0.1) is 0 Å². The molecule has 0 saturated carbocycles. The van der Waals surface area contributed by atoms with Gasteiger partial charge in [0, 0.05) is 0 Å². The lowest BCUT2D eigenvalue weighted by Gasteiger charge is -2.06. The predicted molar refractivity (Wildman–Crippen MR) is 41.2 cm³/mol. The summed E-state index contributed by atoms with van der Waals surface area (Å²) < 4.78 is 5.63. The molecule has 4 nitrogen and oxygen atoms in total. The summed E-state index contributed by atoms with van der Waals surface area (Å²) in [5, 5.41) is 17.2. The van der Waals surface area contributed by atoms with Crippen LogP contribution in [0.25, 0.3) is 0 Å². The smallest absolute Gasteiger partial charge is 0.169 e. The first-order valence-corrected chi connectivity index (χ1v) is 3.83. The van der Waals surface area contributed by atoms with Gasteiger partial charge < -0.3 is 14.7 Å². The van der Waals surface area contributed by atoms with E-state index in [1.54, 1.807) is 12.1 Å². The van der Waals surface area contributed by atoms with Crippen LogP contribution < -0.4 is 5.48 Å². The molecule has 5 heteroatoms. The zero-order chi connectivity index (χ0) is 8.27. The molecule has 1 atom stereocenters. The molecule has 0 unspecified atom stereocenters. The van der Waals surface area contributed by atoms with E-state index in [2.05, 4.69) is 15.9 Å². The van der Waals surface area contributed by atoms with Crippen LogP contribution in [-0.2, 0) is 0 Å². The van der Waals surface area contributed by atoms with Gasteiger partial charge in [0.15, 0.2) is 4.67 Å². The van der Waals surface area contributed by atoms with E-state index in [0.717, 1.165) is 0 Å². The first-order valence-electron chi connectivity index (χ1n) is 3.03. The van der Waals surface area contributed by atoms with E-state index in [-0.39, 0.29) is 6.61 Å². The molecule has 0 saturated heterocycles. The molecule has 11 heavy (non-hydrogen) atoms. The fraction of sp³-hybridized carbons (Fsp3) is 0.333. The number of aliphatic hydroxyl groups excluding tert-OH is 1. The zero-order valence-corrected chi connectivity index (χ0v) is 7.21. The van der Waals surface area contributed by atoms with Gasteiger partial charge in [-0.2, -0.15) is 5.48 Å². The third-order valence-electron chi connectivity index (χ3n) is 1.28. The van der Waals surface area contributed by atoms with Crippen LogP contribution in [0.2, 0.25) is 0 Å². The molecule has 0 bridgehead atoms. The van der Waals surface area contributed by atoms with Crippen molar-refractivity contribution in [3.05, 3.63) is 22.6 Å². The van der Waals surface area contributed by atoms with Crippen LogP contribution in [-0.4, -0.2) is 16.9 Å². The maximum Gasteiger partial charge on any atom is 0.169 e. The Balaban J connectivity index is 2.73. The van der Waals surface area contributed by atoms with Gasteiger partial charge >= 0.3 is 0 Å². The van der Waals surface area contributed by atoms with Gasteiger partial charge in [-0.25, -0.2) is 0 Å². The average Bonchev–Trinajstić information content (AvgIpc) is 2.39. The van der Waals surface area contributed by atoms with Crippen molar-refractivity contribution in [2.75, 3.05) is 6.61 Å². The number of rotatable bonds is 3. The number of nitrogens with one attached hydrogen (secondary N) is 1. The Morgan fingerprint density at radius 3 is 2.73 bits per heavy atom. The minimum absolute atomic E-state index is 0.212. The summed E-state index contributed by atoms with van der Waals surface area (Å²) in [6.45, 7) is -0.212. The highest BCUT2D eigenvalue weighted by atomic mass is 79.9. The highest BCUT2D eigenvalue weighted by Gasteiger charge is 2.12. The van der Waals surface area contributed by atoms with Crippen molar-refractivity contribution in [1.29, 1.82) is 0 Å². The fourth-order valence-electron chi connectivity index (χ4n) is 0.710. The third kappa shape index (κ3) is 2.03. The van der Waals surface area contributed by atoms with Crippen LogP contribution in [0.1, 0.15) is 11.8 Å². The lowest BCUT2D eigenvalue weighted by Crippen LogP contribution is -2.19. The molecule has 1 heterocycles.